The van der Waals surface area contributed by atoms with Crippen LogP contribution >= 0.6 is 0 Å². The number of aryl methyl sites for hydroxylation is 1. The van der Waals surface area contributed by atoms with Gasteiger partial charge in [-0.2, -0.15) is 0 Å². The van der Waals surface area contributed by atoms with Gasteiger partial charge in [-0.05, 0) is 31.2 Å². The first-order valence-electron chi connectivity index (χ1n) is 4.91. The lowest BCUT2D eigenvalue weighted by molar-refractivity contribution is 0.731. The monoisotopic (exact) mass is 177 g/mol. The number of nitrogens with one attached hydrogen (secondary N) is 1. The number of hydrogen-bond donors (Lipinski definition) is 1. The van der Waals surface area contributed by atoms with Crippen molar-refractivity contribution >= 4 is 5.95 Å². The van der Waals surface area contributed by atoms with Crippen LogP contribution in [0.15, 0.2) is 6.20 Å². The van der Waals surface area contributed by atoms with E-state index in [1.165, 1.54) is 17.7 Å². The van der Waals surface area contributed by atoms with Crippen LogP contribution in [0.2, 0.25) is 0 Å². The Morgan fingerprint density at radius 1 is 1.62 bits per heavy atom. The van der Waals surface area contributed by atoms with Crippen LogP contribution in [0.25, 0.3) is 0 Å². The van der Waals surface area contributed by atoms with Gasteiger partial charge in [0.25, 0.3) is 0 Å². The van der Waals surface area contributed by atoms with E-state index >= 15 is 0 Å². The molecule has 0 amide bonds. The molecular formula is C10H15N3. The number of hydrogen-bond acceptors (Lipinski definition) is 3. The molecule has 1 atom stereocenters. The summed E-state index contributed by atoms with van der Waals surface area (Å²) in [6.07, 6.45) is 4.33. The van der Waals surface area contributed by atoms with E-state index in [1.807, 2.05) is 6.20 Å². The molecule has 0 spiro atoms. The highest BCUT2D eigenvalue weighted by molar-refractivity contribution is 5.33. The average Bonchev–Trinajstić information content (AvgIpc) is 2.49. The molecular weight excluding hydrogens is 162 g/mol. The fraction of sp³-hybridized carbons (Fsp3) is 0.600. The minimum Gasteiger partial charge on any atom is -0.354 e. The molecule has 1 aromatic heterocycles. The molecule has 1 N–H and O–H groups in total. The van der Waals surface area contributed by atoms with Crippen molar-refractivity contribution in [1.82, 2.24) is 9.97 Å². The molecule has 0 aromatic carbocycles. The summed E-state index contributed by atoms with van der Waals surface area (Å²) in [4.78, 5) is 8.75. The Balaban J connectivity index is 2.31. The Labute approximate surface area is 78.6 Å². The number of rotatable bonds is 2. The van der Waals surface area contributed by atoms with Gasteiger partial charge >= 0.3 is 0 Å². The second-order valence-corrected chi connectivity index (χ2v) is 3.57. The number of anilines is 1. The van der Waals surface area contributed by atoms with Crippen LogP contribution in [0.4, 0.5) is 5.95 Å². The summed E-state index contributed by atoms with van der Waals surface area (Å²) in [5.74, 6) is 1.38. The standard InChI is InChI=1S/C10H15N3/c1-3-11-10-12-6-8-5-4-7(2)9(8)13-10/h6-7H,3-5H2,1-2H3,(H,11,12,13). The van der Waals surface area contributed by atoms with Crippen molar-refractivity contribution in [3.63, 3.8) is 0 Å². The highest BCUT2D eigenvalue weighted by Gasteiger charge is 2.20. The molecule has 3 nitrogen and oxygen atoms in total. The zero-order chi connectivity index (χ0) is 9.26. The Bertz CT molecular complexity index is 309. The van der Waals surface area contributed by atoms with E-state index in [-0.39, 0.29) is 0 Å². The first-order valence-corrected chi connectivity index (χ1v) is 4.91. The van der Waals surface area contributed by atoms with Gasteiger partial charge in [0.05, 0.1) is 5.69 Å². The van der Waals surface area contributed by atoms with Gasteiger partial charge in [-0.1, -0.05) is 6.92 Å². The molecule has 0 saturated carbocycles. The summed E-state index contributed by atoms with van der Waals surface area (Å²) in [5.41, 5.74) is 2.57. The molecule has 0 bridgehead atoms. The first-order chi connectivity index (χ1) is 6.31. The van der Waals surface area contributed by atoms with E-state index in [0.717, 1.165) is 18.9 Å². The molecule has 3 heteroatoms. The second-order valence-electron chi connectivity index (χ2n) is 3.57. The zero-order valence-electron chi connectivity index (χ0n) is 8.17. The highest BCUT2D eigenvalue weighted by Crippen LogP contribution is 2.30. The van der Waals surface area contributed by atoms with Crippen LogP contribution in [-0.4, -0.2) is 16.5 Å². The number of aromatic nitrogens is 2. The highest BCUT2D eigenvalue weighted by atomic mass is 15.1. The molecule has 70 valence electrons. The lowest BCUT2D eigenvalue weighted by atomic mass is 10.1. The smallest absolute Gasteiger partial charge is 0.222 e. The predicted molar refractivity (Wildman–Crippen MR) is 52.9 cm³/mol. The Hall–Kier alpha value is -1.12. The summed E-state index contributed by atoms with van der Waals surface area (Å²) in [6.45, 7) is 5.17. The fourth-order valence-corrected chi connectivity index (χ4v) is 1.79. The van der Waals surface area contributed by atoms with E-state index in [1.54, 1.807) is 0 Å². The van der Waals surface area contributed by atoms with Crippen LogP contribution < -0.4 is 5.32 Å². The van der Waals surface area contributed by atoms with Crippen LogP contribution in [0, 0.1) is 0 Å². The van der Waals surface area contributed by atoms with Gasteiger partial charge < -0.3 is 5.32 Å². The van der Waals surface area contributed by atoms with E-state index < -0.39 is 0 Å². The molecule has 1 aliphatic carbocycles. The molecule has 1 heterocycles. The van der Waals surface area contributed by atoms with Gasteiger partial charge in [0.1, 0.15) is 0 Å². The largest absolute Gasteiger partial charge is 0.354 e. The lowest BCUT2D eigenvalue weighted by Gasteiger charge is -2.06. The quantitative estimate of drug-likeness (QED) is 0.750. The van der Waals surface area contributed by atoms with Crippen molar-refractivity contribution in [1.29, 1.82) is 0 Å². The second kappa shape index (κ2) is 3.32. The van der Waals surface area contributed by atoms with Crippen LogP contribution in [0.3, 0.4) is 0 Å². The van der Waals surface area contributed by atoms with Crippen LogP contribution in [0.5, 0.6) is 0 Å². The zero-order valence-corrected chi connectivity index (χ0v) is 8.17. The first kappa shape index (κ1) is 8.48. The average molecular weight is 177 g/mol. The summed E-state index contributed by atoms with van der Waals surface area (Å²) < 4.78 is 0. The maximum absolute atomic E-state index is 4.50. The minimum atomic E-state index is 0.607. The van der Waals surface area contributed by atoms with Crippen molar-refractivity contribution in [2.45, 2.75) is 32.6 Å². The molecule has 0 aliphatic heterocycles. The third-order valence-electron chi connectivity index (χ3n) is 2.55. The minimum absolute atomic E-state index is 0.607. The SMILES string of the molecule is CCNc1ncc2c(n1)C(C)CC2. The molecule has 2 rings (SSSR count). The van der Waals surface area contributed by atoms with Crippen molar-refractivity contribution in [3.05, 3.63) is 17.5 Å². The Kier molecular flexibility index (Phi) is 2.17. The third-order valence-corrected chi connectivity index (χ3v) is 2.55. The third kappa shape index (κ3) is 1.50. The van der Waals surface area contributed by atoms with Gasteiger partial charge in [0.15, 0.2) is 0 Å². The summed E-state index contributed by atoms with van der Waals surface area (Å²) >= 11 is 0. The fourth-order valence-electron chi connectivity index (χ4n) is 1.79. The van der Waals surface area contributed by atoms with Crippen molar-refractivity contribution in [2.24, 2.45) is 0 Å². The van der Waals surface area contributed by atoms with Gasteiger partial charge in [-0.25, -0.2) is 9.97 Å². The topological polar surface area (TPSA) is 37.8 Å². The maximum Gasteiger partial charge on any atom is 0.222 e. The summed E-state index contributed by atoms with van der Waals surface area (Å²) in [5, 5.41) is 3.14. The van der Waals surface area contributed by atoms with E-state index in [9.17, 15) is 0 Å². The van der Waals surface area contributed by atoms with Crippen LogP contribution in [-0.2, 0) is 6.42 Å². The molecule has 13 heavy (non-hydrogen) atoms. The predicted octanol–water partition coefficient (Wildman–Crippen LogP) is 1.96. The molecule has 1 unspecified atom stereocenters. The van der Waals surface area contributed by atoms with Crippen molar-refractivity contribution < 1.29 is 0 Å². The van der Waals surface area contributed by atoms with Gasteiger partial charge in [-0.3, -0.25) is 0 Å². The van der Waals surface area contributed by atoms with E-state index in [0.29, 0.717) is 5.92 Å². The van der Waals surface area contributed by atoms with Gasteiger partial charge in [-0.15, -0.1) is 0 Å². The summed E-state index contributed by atoms with van der Waals surface area (Å²) in [6, 6.07) is 0. The molecule has 0 saturated heterocycles. The molecule has 0 fully saturated rings. The van der Waals surface area contributed by atoms with E-state index in [4.69, 9.17) is 0 Å². The lowest BCUT2D eigenvalue weighted by Crippen LogP contribution is -2.04. The molecule has 0 radical (unpaired) electrons. The Morgan fingerprint density at radius 3 is 3.23 bits per heavy atom. The van der Waals surface area contributed by atoms with Crippen molar-refractivity contribution in [2.75, 3.05) is 11.9 Å². The number of nitrogens with zero attached hydrogens (tertiary/aromatic N) is 2. The van der Waals surface area contributed by atoms with E-state index in [2.05, 4.69) is 29.1 Å². The summed E-state index contributed by atoms with van der Waals surface area (Å²) in [7, 11) is 0. The van der Waals surface area contributed by atoms with Gasteiger partial charge in [0.2, 0.25) is 5.95 Å². The normalized spacial score (nSPS) is 20.0. The van der Waals surface area contributed by atoms with Crippen molar-refractivity contribution in [3.8, 4) is 0 Å². The molecule has 1 aromatic rings. The number of fused-ring (bicyclic) bond motifs is 1. The van der Waals surface area contributed by atoms with Gasteiger partial charge in [0, 0.05) is 12.7 Å². The maximum atomic E-state index is 4.50. The molecule has 1 aliphatic rings. The Morgan fingerprint density at radius 2 is 2.46 bits per heavy atom. The van der Waals surface area contributed by atoms with Crippen LogP contribution in [0.1, 0.15) is 37.4 Å².